The van der Waals surface area contributed by atoms with Gasteiger partial charge in [-0.3, -0.25) is 9.36 Å². The van der Waals surface area contributed by atoms with Crippen LogP contribution in [0.4, 0.5) is 0 Å². The van der Waals surface area contributed by atoms with Crippen molar-refractivity contribution in [1.82, 2.24) is 4.90 Å². The third kappa shape index (κ3) is 5.52. The molecule has 15 heavy (non-hydrogen) atoms. The molecule has 0 bridgehead atoms. The van der Waals surface area contributed by atoms with Crippen LogP contribution in [0.3, 0.4) is 0 Å². The summed E-state index contributed by atoms with van der Waals surface area (Å²) in [5.41, 5.74) is 0. The predicted molar refractivity (Wildman–Crippen MR) is 59.0 cm³/mol. The normalized spacial score (nSPS) is 11.5. The quantitative estimate of drug-likeness (QED) is 0.399. The van der Waals surface area contributed by atoms with Gasteiger partial charge in [0.05, 0.1) is 19.2 Å². The van der Waals surface area contributed by atoms with Crippen molar-refractivity contribution >= 4 is 25.1 Å². The van der Waals surface area contributed by atoms with Crippen LogP contribution in [-0.4, -0.2) is 36.3 Å². The molecule has 0 aromatic rings. The fraction of sp³-hybridized carbons (Fsp3) is 0.875. The third-order valence-electron chi connectivity index (χ3n) is 1.59. The van der Waals surface area contributed by atoms with Crippen LogP contribution in [0.25, 0.3) is 0 Å². The average molecular weight is 258 g/mol. The minimum absolute atomic E-state index is 0.0283. The summed E-state index contributed by atoms with van der Waals surface area (Å²) in [6.45, 7) is 5.32. The molecule has 0 spiro atoms. The summed E-state index contributed by atoms with van der Waals surface area (Å²) in [5.74, 6) is -0.260. The highest BCUT2D eigenvalue weighted by molar-refractivity contribution is 7.53. The Morgan fingerprint density at radius 2 is 1.80 bits per heavy atom. The van der Waals surface area contributed by atoms with Crippen LogP contribution in [0.5, 0.6) is 0 Å². The lowest BCUT2D eigenvalue weighted by molar-refractivity contribution is -0.127. The first-order valence-corrected chi connectivity index (χ1v) is 6.95. The number of amides is 1. The molecular formula is C8H17ClNO4P. The molecule has 0 aromatic heterocycles. The first-order valence-electron chi connectivity index (χ1n) is 4.68. The first kappa shape index (κ1) is 14.9. The highest BCUT2D eigenvalue weighted by Gasteiger charge is 2.27. The van der Waals surface area contributed by atoms with Gasteiger partial charge >= 0.3 is 7.60 Å². The van der Waals surface area contributed by atoms with E-state index in [4.69, 9.17) is 20.6 Å². The summed E-state index contributed by atoms with van der Waals surface area (Å²) < 4.78 is 22.1. The van der Waals surface area contributed by atoms with E-state index in [1.54, 1.807) is 13.8 Å². The minimum atomic E-state index is -3.23. The molecule has 1 amide bonds. The van der Waals surface area contributed by atoms with Gasteiger partial charge in [0.1, 0.15) is 6.29 Å². The van der Waals surface area contributed by atoms with Crippen molar-refractivity contribution in [3.8, 4) is 0 Å². The molecule has 0 aliphatic carbocycles. The van der Waals surface area contributed by atoms with Gasteiger partial charge in [-0.05, 0) is 13.8 Å². The van der Waals surface area contributed by atoms with Crippen LogP contribution in [0.1, 0.15) is 20.8 Å². The van der Waals surface area contributed by atoms with Gasteiger partial charge in [0.25, 0.3) is 0 Å². The number of nitrogens with zero attached hydrogens (tertiary/aromatic N) is 1. The fourth-order valence-corrected chi connectivity index (χ4v) is 3.06. The lowest BCUT2D eigenvalue weighted by atomic mass is 10.6. The number of hydrogen-bond donors (Lipinski definition) is 0. The van der Waals surface area contributed by atoms with Crippen LogP contribution in [0.15, 0.2) is 0 Å². The molecule has 0 aromatic carbocycles. The van der Waals surface area contributed by atoms with Crippen molar-refractivity contribution in [3.63, 3.8) is 0 Å². The minimum Gasteiger partial charge on any atom is -0.317 e. The molecule has 0 aliphatic rings. The molecule has 0 unspecified atom stereocenters. The summed E-state index contributed by atoms with van der Waals surface area (Å²) >= 11 is 5.54. The molecule has 5 nitrogen and oxygen atoms in total. The topological polar surface area (TPSA) is 55.8 Å². The number of carbonyl (C=O) groups excluding carboxylic acids is 1. The van der Waals surface area contributed by atoms with Crippen molar-refractivity contribution in [2.24, 2.45) is 0 Å². The Morgan fingerprint density at radius 3 is 2.07 bits per heavy atom. The standard InChI is InChI=1S/C8H17ClNO4P/c1-4-13-15(12,14-5-2)7-10(6-9)8(3)11/h4-7H2,1-3H3. The Labute approximate surface area is 95.2 Å². The second-order valence-electron chi connectivity index (χ2n) is 2.77. The molecule has 0 saturated carbocycles. The molecule has 0 fully saturated rings. The lowest BCUT2D eigenvalue weighted by Crippen LogP contribution is -2.29. The summed E-state index contributed by atoms with van der Waals surface area (Å²) in [5, 5.41) is 0. The average Bonchev–Trinajstić information content (AvgIpc) is 2.14. The van der Waals surface area contributed by atoms with Gasteiger partial charge in [-0.25, -0.2) is 0 Å². The first-order chi connectivity index (χ1) is 6.99. The van der Waals surface area contributed by atoms with Crippen molar-refractivity contribution < 1.29 is 18.4 Å². The van der Waals surface area contributed by atoms with Gasteiger partial charge in [0.2, 0.25) is 5.91 Å². The molecular weight excluding hydrogens is 241 g/mol. The molecule has 0 atom stereocenters. The Balaban J connectivity index is 4.50. The van der Waals surface area contributed by atoms with Crippen molar-refractivity contribution in [2.45, 2.75) is 20.8 Å². The van der Waals surface area contributed by atoms with E-state index in [1.807, 2.05) is 0 Å². The summed E-state index contributed by atoms with van der Waals surface area (Å²) in [4.78, 5) is 12.3. The van der Waals surface area contributed by atoms with Crippen LogP contribution in [-0.2, 0) is 18.4 Å². The number of halogens is 1. The van der Waals surface area contributed by atoms with Gasteiger partial charge < -0.3 is 13.9 Å². The van der Waals surface area contributed by atoms with E-state index in [1.165, 1.54) is 11.8 Å². The summed E-state index contributed by atoms with van der Waals surface area (Å²) in [6.07, 6.45) is -0.104. The van der Waals surface area contributed by atoms with E-state index in [9.17, 15) is 9.36 Å². The zero-order valence-corrected chi connectivity index (χ0v) is 10.9. The summed E-state index contributed by atoms with van der Waals surface area (Å²) in [7, 11) is -3.23. The van der Waals surface area contributed by atoms with Gasteiger partial charge in [-0.1, -0.05) is 0 Å². The maximum absolute atomic E-state index is 12.0. The highest BCUT2D eigenvalue weighted by Crippen LogP contribution is 2.48. The monoisotopic (exact) mass is 257 g/mol. The predicted octanol–water partition coefficient (Wildman–Crippen LogP) is 2.25. The van der Waals surface area contributed by atoms with E-state index in [0.717, 1.165) is 0 Å². The molecule has 0 rings (SSSR count). The zero-order valence-electron chi connectivity index (χ0n) is 9.23. The zero-order chi connectivity index (χ0) is 11.9. The number of carbonyl (C=O) groups is 1. The second-order valence-corrected chi connectivity index (χ2v) is 5.03. The molecule has 0 saturated heterocycles. The SMILES string of the molecule is CCOP(=O)(CN(CCl)C(C)=O)OCC. The Bertz CT molecular complexity index is 239. The van der Waals surface area contributed by atoms with E-state index in [2.05, 4.69) is 0 Å². The largest absolute Gasteiger partial charge is 0.349 e. The van der Waals surface area contributed by atoms with Crippen LogP contribution < -0.4 is 0 Å². The molecule has 0 heterocycles. The maximum Gasteiger partial charge on any atom is 0.349 e. The third-order valence-corrected chi connectivity index (χ3v) is 3.86. The van der Waals surface area contributed by atoms with Crippen molar-refractivity contribution in [2.75, 3.05) is 25.5 Å². The van der Waals surface area contributed by atoms with Gasteiger partial charge in [-0.15, -0.1) is 11.6 Å². The van der Waals surface area contributed by atoms with E-state index in [0.29, 0.717) is 0 Å². The second kappa shape index (κ2) is 7.23. The van der Waals surface area contributed by atoms with E-state index < -0.39 is 7.60 Å². The molecule has 90 valence electrons. The summed E-state index contributed by atoms with van der Waals surface area (Å²) in [6, 6.07) is -0.0283. The fourth-order valence-electron chi connectivity index (χ4n) is 0.943. The highest BCUT2D eigenvalue weighted by atomic mass is 35.5. The van der Waals surface area contributed by atoms with Crippen molar-refractivity contribution in [3.05, 3.63) is 0 Å². The lowest BCUT2D eigenvalue weighted by Gasteiger charge is -2.23. The molecule has 0 N–H and O–H groups in total. The van der Waals surface area contributed by atoms with Crippen LogP contribution >= 0.6 is 19.2 Å². The van der Waals surface area contributed by atoms with Crippen LogP contribution in [0.2, 0.25) is 0 Å². The Kier molecular flexibility index (Phi) is 7.18. The van der Waals surface area contributed by atoms with E-state index >= 15 is 0 Å². The number of hydrogen-bond acceptors (Lipinski definition) is 4. The van der Waals surface area contributed by atoms with Crippen molar-refractivity contribution in [1.29, 1.82) is 0 Å². The number of alkyl halides is 1. The molecule has 0 radical (unpaired) electrons. The van der Waals surface area contributed by atoms with Gasteiger partial charge in [-0.2, -0.15) is 0 Å². The smallest absolute Gasteiger partial charge is 0.317 e. The Morgan fingerprint density at radius 1 is 1.33 bits per heavy atom. The van der Waals surface area contributed by atoms with Gasteiger partial charge in [0.15, 0.2) is 0 Å². The van der Waals surface area contributed by atoms with E-state index in [-0.39, 0.29) is 31.4 Å². The number of rotatable bonds is 7. The maximum atomic E-state index is 12.0. The van der Waals surface area contributed by atoms with Gasteiger partial charge in [0, 0.05) is 6.92 Å². The van der Waals surface area contributed by atoms with Crippen LogP contribution in [0, 0.1) is 0 Å². The Hall–Kier alpha value is -0.0900. The molecule has 7 heteroatoms. The molecule has 0 aliphatic heterocycles.